The number of nitrogens with zero attached hydrogens (tertiary/aromatic N) is 5. The first kappa shape index (κ1) is 19.1. The van der Waals surface area contributed by atoms with Crippen LogP contribution in [0.5, 0.6) is 0 Å². The summed E-state index contributed by atoms with van der Waals surface area (Å²) in [5.74, 6) is 0.432. The Labute approximate surface area is 159 Å². The maximum Gasteiger partial charge on any atom is 0.268 e. The molecule has 1 amide bonds. The number of hydrogen-bond donors (Lipinski definition) is 0. The molecular formula is C20H27N5O2. The fraction of sp³-hybridized carbons (Fsp3) is 0.500. The molecule has 1 aliphatic heterocycles. The molecule has 1 unspecified atom stereocenters. The van der Waals surface area contributed by atoms with Gasteiger partial charge in [-0.2, -0.15) is 5.10 Å². The molecular weight excluding hydrogens is 342 g/mol. The highest BCUT2D eigenvalue weighted by Crippen LogP contribution is 2.24. The molecule has 1 aliphatic rings. The Balaban J connectivity index is 1.58. The smallest absolute Gasteiger partial charge is 0.268 e. The largest absolute Gasteiger partial charge is 0.370 e. The molecule has 2 aromatic rings. The van der Waals surface area contributed by atoms with Crippen LogP contribution in [0.15, 0.2) is 41.6 Å². The summed E-state index contributed by atoms with van der Waals surface area (Å²) in [6, 6.07) is 5.51. The zero-order valence-corrected chi connectivity index (χ0v) is 16.0. The molecule has 144 valence electrons. The van der Waals surface area contributed by atoms with E-state index in [1.165, 1.54) is 4.68 Å². The van der Waals surface area contributed by atoms with Crippen molar-refractivity contribution in [3.63, 3.8) is 0 Å². The van der Waals surface area contributed by atoms with Crippen LogP contribution in [-0.2, 0) is 17.9 Å². The molecule has 0 radical (unpaired) electrons. The molecule has 7 nitrogen and oxygen atoms in total. The number of carbonyl (C=O) groups excluding carboxylic acids is 1. The van der Waals surface area contributed by atoms with Gasteiger partial charge in [-0.3, -0.25) is 14.6 Å². The molecule has 3 rings (SSSR count). The molecule has 7 heteroatoms. The molecule has 0 bridgehead atoms. The minimum Gasteiger partial charge on any atom is -0.370 e. The Kier molecular flexibility index (Phi) is 6.21. The highest BCUT2D eigenvalue weighted by atomic mass is 16.2. The third kappa shape index (κ3) is 4.93. The van der Waals surface area contributed by atoms with Crippen molar-refractivity contribution >= 4 is 11.6 Å². The van der Waals surface area contributed by atoms with Crippen molar-refractivity contribution in [3.8, 4) is 0 Å². The van der Waals surface area contributed by atoms with Crippen LogP contribution in [0.4, 0.5) is 5.69 Å². The Morgan fingerprint density at radius 2 is 2.22 bits per heavy atom. The average Bonchev–Trinajstić information content (AvgIpc) is 2.69. The van der Waals surface area contributed by atoms with Crippen LogP contribution in [0, 0.1) is 5.92 Å². The maximum atomic E-state index is 12.6. The van der Waals surface area contributed by atoms with E-state index in [1.54, 1.807) is 29.6 Å². The van der Waals surface area contributed by atoms with Gasteiger partial charge in [-0.05, 0) is 37.3 Å². The third-order valence-corrected chi connectivity index (χ3v) is 5.07. The monoisotopic (exact) mass is 369 g/mol. The van der Waals surface area contributed by atoms with Gasteiger partial charge in [0.2, 0.25) is 5.91 Å². The Morgan fingerprint density at radius 3 is 2.93 bits per heavy atom. The van der Waals surface area contributed by atoms with Gasteiger partial charge in [-0.25, -0.2) is 4.68 Å². The van der Waals surface area contributed by atoms with E-state index in [1.807, 2.05) is 26.1 Å². The van der Waals surface area contributed by atoms with Crippen LogP contribution in [0.25, 0.3) is 0 Å². The molecule has 2 aromatic heterocycles. The van der Waals surface area contributed by atoms with Gasteiger partial charge in [0.25, 0.3) is 5.56 Å². The standard InChI is InChI=1S/C20H27N5O2/c1-3-25-20(27)11-18(13-22-25)24-9-5-7-16(15-24)10-19(26)23(2)14-17-6-4-8-21-12-17/h4,6,8,11-13,16H,3,5,7,9-10,14-15H2,1-2H3. The lowest BCUT2D eigenvalue weighted by atomic mass is 9.94. The molecule has 0 spiro atoms. The van der Waals surface area contributed by atoms with Crippen LogP contribution in [0.3, 0.4) is 0 Å². The van der Waals surface area contributed by atoms with E-state index in [0.717, 1.165) is 37.2 Å². The minimum absolute atomic E-state index is 0.0793. The zero-order chi connectivity index (χ0) is 19.2. The summed E-state index contributed by atoms with van der Waals surface area (Å²) >= 11 is 0. The summed E-state index contributed by atoms with van der Waals surface area (Å²) in [5.41, 5.74) is 1.80. The van der Waals surface area contributed by atoms with Crippen molar-refractivity contribution < 1.29 is 4.79 Å². The lowest BCUT2D eigenvalue weighted by Gasteiger charge is -2.34. The van der Waals surface area contributed by atoms with Crippen molar-refractivity contribution in [1.82, 2.24) is 19.7 Å². The van der Waals surface area contributed by atoms with E-state index in [0.29, 0.717) is 19.5 Å². The molecule has 0 aromatic carbocycles. The topological polar surface area (TPSA) is 71.3 Å². The first-order valence-electron chi connectivity index (χ1n) is 9.51. The van der Waals surface area contributed by atoms with Crippen LogP contribution >= 0.6 is 0 Å². The molecule has 1 fully saturated rings. The van der Waals surface area contributed by atoms with Crippen LogP contribution < -0.4 is 10.5 Å². The molecule has 3 heterocycles. The highest BCUT2D eigenvalue weighted by Gasteiger charge is 2.24. The Morgan fingerprint density at radius 1 is 1.37 bits per heavy atom. The number of anilines is 1. The fourth-order valence-corrected chi connectivity index (χ4v) is 3.56. The lowest BCUT2D eigenvalue weighted by Crippen LogP contribution is -2.39. The van der Waals surface area contributed by atoms with Crippen molar-refractivity contribution in [1.29, 1.82) is 0 Å². The Hall–Kier alpha value is -2.70. The number of aryl methyl sites for hydroxylation is 1. The van der Waals surface area contributed by atoms with Gasteiger partial charge in [-0.15, -0.1) is 0 Å². The Bertz CT molecular complexity index is 821. The second-order valence-electron chi connectivity index (χ2n) is 7.14. The normalized spacial score (nSPS) is 17.0. The number of pyridine rings is 1. The molecule has 1 saturated heterocycles. The van der Waals surface area contributed by atoms with Crippen LogP contribution in [0.1, 0.15) is 31.7 Å². The van der Waals surface area contributed by atoms with Crippen molar-refractivity contribution in [2.45, 2.75) is 39.3 Å². The first-order valence-corrected chi connectivity index (χ1v) is 9.51. The number of piperidine rings is 1. The second kappa shape index (κ2) is 8.79. The summed E-state index contributed by atoms with van der Waals surface area (Å²) in [6.45, 7) is 4.72. The summed E-state index contributed by atoms with van der Waals surface area (Å²) in [7, 11) is 1.84. The van der Waals surface area contributed by atoms with Gasteiger partial charge >= 0.3 is 0 Å². The minimum atomic E-state index is -0.0793. The number of aromatic nitrogens is 3. The first-order chi connectivity index (χ1) is 13.1. The van der Waals surface area contributed by atoms with Gasteiger partial charge in [0.15, 0.2) is 0 Å². The van der Waals surface area contributed by atoms with Gasteiger partial charge in [0, 0.05) is 58.1 Å². The van der Waals surface area contributed by atoms with Crippen molar-refractivity contribution in [3.05, 3.63) is 52.7 Å². The van der Waals surface area contributed by atoms with E-state index < -0.39 is 0 Å². The quantitative estimate of drug-likeness (QED) is 0.778. The summed E-state index contributed by atoms with van der Waals surface area (Å²) in [4.78, 5) is 32.7. The van der Waals surface area contributed by atoms with Crippen LogP contribution in [-0.4, -0.2) is 45.7 Å². The van der Waals surface area contributed by atoms with E-state index in [4.69, 9.17) is 0 Å². The van der Waals surface area contributed by atoms with E-state index in [9.17, 15) is 9.59 Å². The number of hydrogen-bond acceptors (Lipinski definition) is 5. The van der Waals surface area contributed by atoms with Crippen LogP contribution in [0.2, 0.25) is 0 Å². The predicted octanol–water partition coefficient (Wildman–Crippen LogP) is 1.92. The summed E-state index contributed by atoms with van der Waals surface area (Å²) < 4.78 is 1.45. The lowest BCUT2D eigenvalue weighted by molar-refractivity contribution is -0.131. The molecule has 0 N–H and O–H groups in total. The second-order valence-corrected chi connectivity index (χ2v) is 7.14. The summed E-state index contributed by atoms with van der Waals surface area (Å²) in [5, 5.41) is 4.21. The number of amides is 1. The SMILES string of the molecule is CCn1ncc(N2CCCC(CC(=O)N(C)Cc3cccnc3)C2)cc1=O. The van der Waals surface area contributed by atoms with Gasteiger partial charge in [-0.1, -0.05) is 6.07 Å². The van der Waals surface area contributed by atoms with Gasteiger partial charge < -0.3 is 9.80 Å². The van der Waals surface area contributed by atoms with E-state index in [-0.39, 0.29) is 17.4 Å². The van der Waals surface area contributed by atoms with Crippen molar-refractivity contribution in [2.75, 3.05) is 25.0 Å². The molecule has 0 aliphatic carbocycles. The average molecular weight is 369 g/mol. The third-order valence-electron chi connectivity index (χ3n) is 5.07. The number of rotatable bonds is 6. The maximum absolute atomic E-state index is 12.6. The summed E-state index contributed by atoms with van der Waals surface area (Å²) in [6.07, 6.45) is 7.84. The van der Waals surface area contributed by atoms with Crippen molar-refractivity contribution in [2.24, 2.45) is 5.92 Å². The fourth-order valence-electron chi connectivity index (χ4n) is 3.56. The van der Waals surface area contributed by atoms with E-state index >= 15 is 0 Å². The molecule has 27 heavy (non-hydrogen) atoms. The molecule has 0 saturated carbocycles. The number of carbonyl (C=O) groups is 1. The zero-order valence-electron chi connectivity index (χ0n) is 16.0. The predicted molar refractivity (Wildman–Crippen MR) is 104 cm³/mol. The highest BCUT2D eigenvalue weighted by molar-refractivity contribution is 5.76. The van der Waals surface area contributed by atoms with Gasteiger partial charge in [0.1, 0.15) is 0 Å². The van der Waals surface area contributed by atoms with E-state index in [2.05, 4.69) is 15.0 Å². The molecule has 1 atom stereocenters. The van der Waals surface area contributed by atoms with Gasteiger partial charge in [0.05, 0.1) is 11.9 Å².